The zero-order valence-electron chi connectivity index (χ0n) is 8.23. The molecule has 0 aliphatic carbocycles. The van der Waals surface area contributed by atoms with E-state index >= 15 is 0 Å². The molecule has 0 bridgehead atoms. The van der Waals surface area contributed by atoms with Crippen molar-refractivity contribution in [3.05, 3.63) is 18.6 Å². The Morgan fingerprint density at radius 3 is 2.81 bits per heavy atom. The van der Waals surface area contributed by atoms with Crippen molar-refractivity contribution in [3.8, 4) is 0 Å². The number of hydrogen-bond acceptors (Lipinski definition) is 4. The maximum absolute atomic E-state index is 12.3. The van der Waals surface area contributed by atoms with Crippen LogP contribution >= 0.6 is 0 Å². The summed E-state index contributed by atoms with van der Waals surface area (Å²) in [5.74, 6) is 0.451. The van der Waals surface area contributed by atoms with Crippen LogP contribution < -0.4 is 5.32 Å². The van der Waals surface area contributed by atoms with Crippen LogP contribution in [0, 0.1) is 0 Å². The SMILES string of the molecule is CC(Nc1ccnc2ncnn12)C(F)(F)F. The molecule has 2 rings (SSSR count). The minimum Gasteiger partial charge on any atom is -0.359 e. The first-order chi connectivity index (χ1) is 7.48. The molecule has 2 aromatic heterocycles. The smallest absolute Gasteiger partial charge is 0.359 e. The number of rotatable bonds is 2. The summed E-state index contributed by atoms with van der Waals surface area (Å²) in [6, 6.07) is -0.258. The van der Waals surface area contributed by atoms with E-state index in [-0.39, 0.29) is 11.6 Å². The normalized spacial score (nSPS) is 14.0. The molecule has 0 fully saturated rings. The van der Waals surface area contributed by atoms with Crippen molar-refractivity contribution in [2.45, 2.75) is 19.1 Å². The van der Waals surface area contributed by atoms with Gasteiger partial charge in [-0.3, -0.25) is 0 Å². The van der Waals surface area contributed by atoms with E-state index < -0.39 is 12.2 Å². The number of nitrogens with one attached hydrogen (secondary N) is 1. The Hall–Kier alpha value is -1.86. The Kier molecular flexibility index (Phi) is 2.41. The molecule has 2 aromatic rings. The van der Waals surface area contributed by atoms with Crippen molar-refractivity contribution >= 4 is 11.6 Å². The van der Waals surface area contributed by atoms with E-state index in [4.69, 9.17) is 0 Å². The molecule has 0 saturated heterocycles. The van der Waals surface area contributed by atoms with Crippen molar-refractivity contribution in [1.82, 2.24) is 19.6 Å². The maximum Gasteiger partial charge on any atom is 0.408 e. The Morgan fingerprint density at radius 1 is 1.38 bits per heavy atom. The second kappa shape index (κ2) is 3.62. The van der Waals surface area contributed by atoms with Gasteiger partial charge in [0.2, 0.25) is 0 Å². The van der Waals surface area contributed by atoms with E-state index in [1.165, 1.54) is 23.1 Å². The van der Waals surface area contributed by atoms with Crippen LogP contribution in [0.2, 0.25) is 0 Å². The van der Waals surface area contributed by atoms with Crippen molar-refractivity contribution < 1.29 is 13.2 Å². The van der Waals surface area contributed by atoms with Gasteiger partial charge in [-0.2, -0.15) is 27.8 Å². The molecule has 86 valence electrons. The van der Waals surface area contributed by atoms with E-state index in [9.17, 15) is 13.2 Å². The van der Waals surface area contributed by atoms with Crippen LogP contribution in [0.4, 0.5) is 19.0 Å². The van der Waals surface area contributed by atoms with Crippen LogP contribution in [-0.4, -0.2) is 31.8 Å². The first-order valence-corrected chi connectivity index (χ1v) is 4.46. The predicted octanol–water partition coefficient (Wildman–Crippen LogP) is 1.49. The second-order valence-corrected chi connectivity index (χ2v) is 3.21. The van der Waals surface area contributed by atoms with Gasteiger partial charge in [-0.25, -0.2) is 4.98 Å². The summed E-state index contributed by atoms with van der Waals surface area (Å²) in [5, 5.41) is 6.07. The Bertz CT molecular complexity index is 492. The summed E-state index contributed by atoms with van der Waals surface area (Å²) in [6.07, 6.45) is -1.71. The van der Waals surface area contributed by atoms with Gasteiger partial charge in [0.05, 0.1) is 0 Å². The van der Waals surface area contributed by atoms with E-state index in [1.807, 2.05) is 0 Å². The third kappa shape index (κ3) is 1.90. The van der Waals surface area contributed by atoms with Gasteiger partial charge in [-0.1, -0.05) is 0 Å². The minimum atomic E-state index is -4.31. The molecule has 1 unspecified atom stereocenters. The van der Waals surface area contributed by atoms with Crippen molar-refractivity contribution in [2.24, 2.45) is 0 Å². The van der Waals surface area contributed by atoms with Crippen molar-refractivity contribution in [1.29, 1.82) is 0 Å². The second-order valence-electron chi connectivity index (χ2n) is 3.21. The predicted molar refractivity (Wildman–Crippen MR) is 49.9 cm³/mol. The molecule has 16 heavy (non-hydrogen) atoms. The number of anilines is 1. The third-order valence-electron chi connectivity index (χ3n) is 2.04. The minimum absolute atomic E-state index is 0.201. The molecule has 0 aliphatic heterocycles. The van der Waals surface area contributed by atoms with Gasteiger partial charge < -0.3 is 5.32 Å². The molecular formula is C8H8F3N5. The molecule has 0 saturated carbocycles. The fourth-order valence-corrected chi connectivity index (χ4v) is 1.15. The van der Waals surface area contributed by atoms with Crippen LogP contribution in [0.25, 0.3) is 5.78 Å². The van der Waals surface area contributed by atoms with Gasteiger partial charge in [0.1, 0.15) is 18.2 Å². The summed E-state index contributed by atoms with van der Waals surface area (Å²) < 4.78 is 38.2. The van der Waals surface area contributed by atoms with Gasteiger partial charge >= 0.3 is 6.18 Å². The van der Waals surface area contributed by atoms with Crippen molar-refractivity contribution in [2.75, 3.05) is 5.32 Å². The fraction of sp³-hybridized carbons (Fsp3) is 0.375. The summed E-state index contributed by atoms with van der Waals surface area (Å²) in [6.45, 7) is 1.03. The number of nitrogens with zero attached hydrogens (tertiary/aromatic N) is 4. The Morgan fingerprint density at radius 2 is 2.12 bits per heavy atom. The van der Waals surface area contributed by atoms with Gasteiger partial charge in [-0.15, -0.1) is 0 Å². The van der Waals surface area contributed by atoms with Crippen LogP contribution in [0.15, 0.2) is 18.6 Å². The number of fused-ring (bicyclic) bond motifs is 1. The monoisotopic (exact) mass is 231 g/mol. The first-order valence-electron chi connectivity index (χ1n) is 4.46. The molecule has 0 aromatic carbocycles. The molecule has 0 radical (unpaired) electrons. The summed E-state index contributed by atoms with van der Waals surface area (Å²) >= 11 is 0. The van der Waals surface area contributed by atoms with Gasteiger partial charge in [0, 0.05) is 6.20 Å². The lowest BCUT2D eigenvalue weighted by atomic mass is 10.3. The largest absolute Gasteiger partial charge is 0.408 e. The summed E-state index contributed by atoms with van der Waals surface area (Å²) in [7, 11) is 0. The zero-order valence-corrected chi connectivity index (χ0v) is 8.23. The number of hydrogen-bond donors (Lipinski definition) is 1. The highest BCUT2D eigenvalue weighted by atomic mass is 19.4. The molecular weight excluding hydrogens is 223 g/mol. The summed E-state index contributed by atoms with van der Waals surface area (Å²) in [5.41, 5.74) is 0. The van der Waals surface area contributed by atoms with Crippen LogP contribution in [-0.2, 0) is 0 Å². The number of alkyl halides is 3. The van der Waals surface area contributed by atoms with E-state index in [0.717, 1.165) is 6.92 Å². The summed E-state index contributed by atoms with van der Waals surface area (Å²) in [4.78, 5) is 7.61. The first kappa shape index (κ1) is 10.7. The van der Waals surface area contributed by atoms with Crippen LogP contribution in [0.5, 0.6) is 0 Å². The lowest BCUT2D eigenvalue weighted by molar-refractivity contribution is -0.138. The van der Waals surface area contributed by atoms with Crippen LogP contribution in [0.1, 0.15) is 6.92 Å². The highest BCUT2D eigenvalue weighted by Gasteiger charge is 2.36. The quantitative estimate of drug-likeness (QED) is 0.850. The standard InChI is InChI=1S/C8H8F3N5/c1-5(8(9,10)11)15-6-2-3-12-7-13-4-14-16(6)7/h2-5,15H,1H3. The average Bonchev–Trinajstić information content (AvgIpc) is 2.65. The Labute approximate surface area is 88.3 Å². The lowest BCUT2D eigenvalue weighted by Gasteiger charge is -2.18. The molecule has 0 spiro atoms. The topological polar surface area (TPSA) is 55.1 Å². The van der Waals surface area contributed by atoms with E-state index in [1.54, 1.807) is 0 Å². The van der Waals surface area contributed by atoms with Gasteiger partial charge in [-0.05, 0) is 13.0 Å². The maximum atomic E-state index is 12.3. The molecule has 1 atom stereocenters. The van der Waals surface area contributed by atoms with Crippen molar-refractivity contribution in [3.63, 3.8) is 0 Å². The zero-order chi connectivity index (χ0) is 11.8. The number of halogens is 3. The third-order valence-corrected chi connectivity index (χ3v) is 2.04. The molecule has 0 aliphatic rings. The molecule has 0 amide bonds. The van der Waals surface area contributed by atoms with E-state index in [2.05, 4.69) is 20.4 Å². The Balaban J connectivity index is 2.31. The molecule has 5 nitrogen and oxygen atoms in total. The average molecular weight is 231 g/mol. The fourth-order valence-electron chi connectivity index (χ4n) is 1.15. The highest BCUT2D eigenvalue weighted by Crippen LogP contribution is 2.22. The molecule has 8 heteroatoms. The molecule has 1 N–H and O–H groups in total. The van der Waals surface area contributed by atoms with Crippen LogP contribution in [0.3, 0.4) is 0 Å². The number of aromatic nitrogens is 4. The van der Waals surface area contributed by atoms with Gasteiger partial charge in [0.15, 0.2) is 0 Å². The lowest BCUT2D eigenvalue weighted by Crippen LogP contribution is -2.33. The molecule has 2 heterocycles. The highest BCUT2D eigenvalue weighted by molar-refractivity contribution is 5.42. The van der Waals surface area contributed by atoms with Gasteiger partial charge in [0.25, 0.3) is 5.78 Å². The van der Waals surface area contributed by atoms with E-state index in [0.29, 0.717) is 0 Å².